The lowest BCUT2D eigenvalue weighted by molar-refractivity contribution is -0.137. The normalized spacial score (nSPS) is 10.3. The highest BCUT2D eigenvalue weighted by atomic mass is 16.4. The average Bonchev–Trinajstić information content (AvgIpc) is 2.63. The van der Waals surface area contributed by atoms with E-state index in [-0.39, 0.29) is 0 Å². The second-order valence-electron chi connectivity index (χ2n) is 3.34. The average molecular weight is 196 g/mol. The maximum atomic E-state index is 10.2. The lowest BCUT2D eigenvalue weighted by Crippen LogP contribution is -1.94. The van der Waals surface area contributed by atoms with Crippen molar-refractivity contribution in [3.8, 4) is 0 Å². The second-order valence-corrected chi connectivity index (χ2v) is 3.34. The Labute approximate surface area is 83.4 Å². The molecule has 2 N–H and O–H groups in total. The topological polar surface area (TPSA) is 66.0 Å². The van der Waals surface area contributed by atoms with Gasteiger partial charge in [0.25, 0.3) is 0 Å². The molecule has 0 amide bonds. The van der Waals surface area contributed by atoms with Crippen LogP contribution in [0.1, 0.15) is 37.9 Å². The van der Waals surface area contributed by atoms with E-state index < -0.39 is 5.97 Å². The first-order valence-corrected chi connectivity index (χ1v) is 4.99. The van der Waals surface area contributed by atoms with Crippen molar-refractivity contribution in [2.45, 2.75) is 38.5 Å². The number of aliphatic carboxylic acids is 1. The lowest BCUT2D eigenvalue weighted by Gasteiger charge is -1.97. The Morgan fingerprint density at radius 1 is 1.36 bits per heavy atom. The van der Waals surface area contributed by atoms with E-state index in [9.17, 15) is 4.79 Å². The quantitative estimate of drug-likeness (QED) is 0.655. The van der Waals surface area contributed by atoms with Crippen molar-refractivity contribution in [2.24, 2.45) is 0 Å². The van der Waals surface area contributed by atoms with E-state index in [0.717, 1.165) is 37.9 Å². The molecule has 0 aliphatic rings. The number of carboxylic acids is 1. The maximum Gasteiger partial charge on any atom is 0.303 e. The summed E-state index contributed by atoms with van der Waals surface area (Å²) >= 11 is 0. The maximum absolute atomic E-state index is 10.2. The molecule has 0 aromatic carbocycles. The number of nitrogens with zero attached hydrogens (tertiary/aromatic N) is 1. The summed E-state index contributed by atoms with van der Waals surface area (Å²) in [6, 6.07) is 0. The van der Waals surface area contributed by atoms with Crippen molar-refractivity contribution in [1.82, 2.24) is 9.97 Å². The number of aromatic amines is 1. The Balaban J connectivity index is 1.92. The van der Waals surface area contributed by atoms with Gasteiger partial charge in [-0.1, -0.05) is 12.8 Å². The third-order valence-electron chi connectivity index (χ3n) is 2.11. The number of imidazole rings is 1. The van der Waals surface area contributed by atoms with Crippen molar-refractivity contribution < 1.29 is 9.90 Å². The van der Waals surface area contributed by atoms with Crippen LogP contribution in [0.15, 0.2) is 12.4 Å². The SMILES string of the molecule is O=C(O)CCCCCCc1ncc[nH]1. The summed E-state index contributed by atoms with van der Waals surface area (Å²) in [5.74, 6) is 0.319. The van der Waals surface area contributed by atoms with E-state index in [1.165, 1.54) is 0 Å². The lowest BCUT2D eigenvalue weighted by atomic mass is 10.1. The molecule has 0 saturated heterocycles. The molecule has 14 heavy (non-hydrogen) atoms. The minimum atomic E-state index is -0.698. The van der Waals surface area contributed by atoms with Gasteiger partial charge in [-0.3, -0.25) is 4.79 Å². The van der Waals surface area contributed by atoms with Crippen LogP contribution in [0.4, 0.5) is 0 Å². The van der Waals surface area contributed by atoms with E-state index in [1.807, 2.05) is 6.20 Å². The fourth-order valence-corrected chi connectivity index (χ4v) is 1.36. The number of aromatic nitrogens is 2. The highest BCUT2D eigenvalue weighted by molar-refractivity contribution is 5.66. The van der Waals surface area contributed by atoms with Crippen LogP contribution in [0, 0.1) is 0 Å². The molecule has 0 aliphatic heterocycles. The standard InChI is InChI=1S/C10H16N2O2/c13-10(14)6-4-2-1-3-5-9-11-7-8-12-9/h7-8H,1-6H2,(H,11,12)(H,13,14). The number of carboxylic acid groups (broad SMARTS) is 1. The molecular formula is C10H16N2O2. The van der Waals surface area contributed by atoms with Gasteiger partial charge in [0.1, 0.15) is 5.82 Å². The van der Waals surface area contributed by atoms with Crippen LogP contribution in [-0.2, 0) is 11.2 Å². The van der Waals surface area contributed by atoms with Crippen LogP contribution < -0.4 is 0 Å². The summed E-state index contributed by atoms with van der Waals surface area (Å²) in [5, 5.41) is 8.41. The third kappa shape index (κ3) is 4.64. The molecule has 0 saturated carbocycles. The predicted molar refractivity (Wildman–Crippen MR) is 53.0 cm³/mol. The zero-order chi connectivity index (χ0) is 10.2. The van der Waals surface area contributed by atoms with E-state index in [0.29, 0.717) is 6.42 Å². The monoisotopic (exact) mass is 196 g/mol. The van der Waals surface area contributed by atoms with Gasteiger partial charge >= 0.3 is 5.97 Å². The summed E-state index contributed by atoms with van der Waals surface area (Å²) in [6.07, 6.45) is 8.75. The zero-order valence-corrected chi connectivity index (χ0v) is 8.20. The van der Waals surface area contributed by atoms with Crippen LogP contribution in [0.5, 0.6) is 0 Å². The fourth-order valence-electron chi connectivity index (χ4n) is 1.36. The molecule has 1 heterocycles. The molecule has 1 rings (SSSR count). The van der Waals surface area contributed by atoms with Crippen LogP contribution in [0.3, 0.4) is 0 Å². The first-order valence-electron chi connectivity index (χ1n) is 4.99. The first kappa shape index (κ1) is 10.8. The molecule has 78 valence electrons. The summed E-state index contributed by atoms with van der Waals surface area (Å²) in [4.78, 5) is 17.4. The Morgan fingerprint density at radius 2 is 2.14 bits per heavy atom. The number of hydrogen-bond acceptors (Lipinski definition) is 2. The van der Waals surface area contributed by atoms with Crippen molar-refractivity contribution in [3.63, 3.8) is 0 Å². The molecule has 0 unspecified atom stereocenters. The van der Waals surface area contributed by atoms with Crippen molar-refractivity contribution >= 4 is 5.97 Å². The molecule has 0 aliphatic carbocycles. The number of hydrogen-bond donors (Lipinski definition) is 2. The Kier molecular flexibility index (Phi) is 4.75. The molecule has 4 nitrogen and oxygen atoms in total. The first-order chi connectivity index (χ1) is 6.79. The number of carbonyl (C=O) groups is 1. The Hall–Kier alpha value is -1.32. The number of rotatable bonds is 7. The highest BCUT2D eigenvalue weighted by Gasteiger charge is 1.97. The molecule has 0 bridgehead atoms. The van der Waals surface area contributed by atoms with E-state index in [1.54, 1.807) is 6.20 Å². The van der Waals surface area contributed by atoms with Gasteiger partial charge in [0.2, 0.25) is 0 Å². The van der Waals surface area contributed by atoms with E-state index >= 15 is 0 Å². The number of aryl methyl sites for hydroxylation is 1. The van der Waals surface area contributed by atoms with Gasteiger partial charge in [-0.2, -0.15) is 0 Å². The summed E-state index contributed by atoms with van der Waals surface area (Å²) in [5.41, 5.74) is 0. The minimum Gasteiger partial charge on any atom is -0.481 e. The van der Waals surface area contributed by atoms with E-state index in [2.05, 4.69) is 9.97 Å². The van der Waals surface area contributed by atoms with Gasteiger partial charge < -0.3 is 10.1 Å². The number of nitrogens with one attached hydrogen (secondary N) is 1. The van der Waals surface area contributed by atoms with Crippen LogP contribution in [-0.4, -0.2) is 21.0 Å². The molecule has 0 atom stereocenters. The van der Waals surface area contributed by atoms with Crippen molar-refractivity contribution in [3.05, 3.63) is 18.2 Å². The summed E-state index contributed by atoms with van der Waals surface area (Å²) in [6.45, 7) is 0. The van der Waals surface area contributed by atoms with E-state index in [4.69, 9.17) is 5.11 Å². The van der Waals surface area contributed by atoms with Crippen LogP contribution in [0.25, 0.3) is 0 Å². The van der Waals surface area contributed by atoms with Crippen molar-refractivity contribution in [2.75, 3.05) is 0 Å². The molecule has 1 aromatic heterocycles. The summed E-state index contributed by atoms with van der Waals surface area (Å²) in [7, 11) is 0. The molecular weight excluding hydrogens is 180 g/mol. The fraction of sp³-hybridized carbons (Fsp3) is 0.600. The highest BCUT2D eigenvalue weighted by Crippen LogP contribution is 2.05. The predicted octanol–water partition coefficient (Wildman–Crippen LogP) is 1.99. The molecule has 0 spiro atoms. The number of H-pyrrole nitrogens is 1. The smallest absolute Gasteiger partial charge is 0.303 e. The zero-order valence-electron chi connectivity index (χ0n) is 8.20. The van der Waals surface area contributed by atoms with Crippen LogP contribution >= 0.6 is 0 Å². The van der Waals surface area contributed by atoms with Crippen LogP contribution in [0.2, 0.25) is 0 Å². The summed E-state index contributed by atoms with van der Waals surface area (Å²) < 4.78 is 0. The minimum absolute atomic E-state index is 0.292. The molecule has 0 fully saturated rings. The van der Waals surface area contributed by atoms with Gasteiger partial charge in [0, 0.05) is 25.2 Å². The second kappa shape index (κ2) is 6.18. The molecule has 1 aromatic rings. The number of unbranched alkanes of at least 4 members (excludes halogenated alkanes) is 3. The Bertz CT molecular complexity index is 257. The largest absolute Gasteiger partial charge is 0.481 e. The molecule has 0 radical (unpaired) electrons. The van der Waals surface area contributed by atoms with Crippen molar-refractivity contribution in [1.29, 1.82) is 0 Å². The van der Waals surface area contributed by atoms with Gasteiger partial charge in [0.05, 0.1) is 0 Å². The third-order valence-corrected chi connectivity index (χ3v) is 2.11. The van der Waals surface area contributed by atoms with Gasteiger partial charge in [-0.15, -0.1) is 0 Å². The Morgan fingerprint density at radius 3 is 2.79 bits per heavy atom. The van der Waals surface area contributed by atoms with Gasteiger partial charge in [0.15, 0.2) is 0 Å². The van der Waals surface area contributed by atoms with Gasteiger partial charge in [-0.05, 0) is 12.8 Å². The molecule has 4 heteroatoms. The van der Waals surface area contributed by atoms with Gasteiger partial charge in [-0.25, -0.2) is 4.98 Å².